The first-order chi connectivity index (χ1) is 14.1. The van der Waals surface area contributed by atoms with Crippen LogP contribution in [0.15, 0.2) is 33.9 Å². The number of carbonyl (C=O) groups excluding carboxylic acids is 2. The largest absolute Gasteiger partial charge is 0.465 e. The molecule has 3 aromatic rings. The fraction of sp³-hybridized carbons (Fsp3) is 0.286. The van der Waals surface area contributed by atoms with Gasteiger partial charge in [-0.1, -0.05) is 12.1 Å². The van der Waals surface area contributed by atoms with Crippen molar-refractivity contribution >= 4 is 28.6 Å². The van der Waals surface area contributed by atoms with Crippen molar-refractivity contribution in [3.63, 3.8) is 0 Å². The molecular weight excluding hydrogens is 388 g/mol. The number of rotatable bonds is 4. The Morgan fingerprint density at radius 2 is 1.87 bits per heavy atom. The monoisotopic (exact) mass is 410 g/mol. The highest BCUT2D eigenvalue weighted by Crippen LogP contribution is 2.18. The number of nitrogens with one attached hydrogen (secondary N) is 1. The fourth-order valence-corrected chi connectivity index (χ4v) is 3.23. The Bertz CT molecular complexity index is 1300. The zero-order valence-electron chi connectivity index (χ0n) is 17.4. The van der Waals surface area contributed by atoms with Crippen LogP contribution in [-0.4, -0.2) is 33.1 Å². The highest BCUT2D eigenvalue weighted by molar-refractivity contribution is 6.02. The van der Waals surface area contributed by atoms with Crippen LogP contribution < -0.4 is 16.6 Å². The number of benzene rings is 1. The number of esters is 1. The second-order valence-corrected chi connectivity index (χ2v) is 7.03. The molecule has 0 atom stereocenters. The van der Waals surface area contributed by atoms with E-state index in [9.17, 15) is 19.2 Å². The molecule has 0 aliphatic rings. The molecule has 1 N–H and O–H groups in total. The molecule has 0 radical (unpaired) electrons. The molecule has 0 bridgehead atoms. The third-order valence-corrected chi connectivity index (χ3v) is 5.01. The SMILES string of the molecule is COC(=O)c1cc(C)nc2c1c(=O)n(CC(=O)Nc1cccc(C)c1C)c(=O)n2C. The first-order valence-electron chi connectivity index (χ1n) is 9.21. The minimum Gasteiger partial charge on any atom is -0.465 e. The van der Waals surface area contributed by atoms with Crippen LogP contribution in [0.1, 0.15) is 27.2 Å². The van der Waals surface area contributed by atoms with Crippen molar-refractivity contribution in [1.82, 2.24) is 14.1 Å². The lowest BCUT2D eigenvalue weighted by Crippen LogP contribution is -2.42. The average molecular weight is 410 g/mol. The molecule has 30 heavy (non-hydrogen) atoms. The van der Waals surface area contributed by atoms with Crippen LogP contribution in [0.3, 0.4) is 0 Å². The predicted molar refractivity (Wildman–Crippen MR) is 112 cm³/mol. The van der Waals surface area contributed by atoms with Crippen LogP contribution in [0.5, 0.6) is 0 Å². The predicted octanol–water partition coefficient (Wildman–Crippen LogP) is 1.45. The zero-order valence-corrected chi connectivity index (χ0v) is 17.4. The smallest absolute Gasteiger partial charge is 0.338 e. The first kappa shape index (κ1) is 21.0. The van der Waals surface area contributed by atoms with Gasteiger partial charge in [0.25, 0.3) is 5.56 Å². The molecule has 9 nitrogen and oxygen atoms in total. The maximum atomic E-state index is 13.1. The van der Waals surface area contributed by atoms with Crippen LogP contribution in [0.2, 0.25) is 0 Å². The summed E-state index contributed by atoms with van der Waals surface area (Å²) in [6.45, 7) is 4.91. The highest BCUT2D eigenvalue weighted by atomic mass is 16.5. The van der Waals surface area contributed by atoms with Crippen LogP contribution in [0, 0.1) is 20.8 Å². The first-order valence-corrected chi connectivity index (χ1v) is 9.21. The molecule has 0 aliphatic heterocycles. The Hall–Kier alpha value is -3.75. The van der Waals surface area contributed by atoms with Gasteiger partial charge in [0.2, 0.25) is 5.91 Å². The fourth-order valence-electron chi connectivity index (χ4n) is 3.23. The number of fused-ring (bicyclic) bond motifs is 1. The number of pyridine rings is 1. The van der Waals surface area contributed by atoms with Gasteiger partial charge in [-0.05, 0) is 44.0 Å². The Kier molecular flexibility index (Phi) is 5.55. The maximum absolute atomic E-state index is 13.1. The van der Waals surface area contributed by atoms with E-state index < -0.39 is 29.7 Å². The van der Waals surface area contributed by atoms with Gasteiger partial charge in [-0.15, -0.1) is 0 Å². The van der Waals surface area contributed by atoms with Gasteiger partial charge >= 0.3 is 11.7 Å². The van der Waals surface area contributed by atoms with Gasteiger partial charge in [0.1, 0.15) is 12.2 Å². The Morgan fingerprint density at radius 1 is 1.17 bits per heavy atom. The molecular formula is C21H22N4O5. The molecule has 0 aliphatic carbocycles. The lowest BCUT2D eigenvalue weighted by molar-refractivity contribution is -0.116. The van der Waals surface area contributed by atoms with E-state index in [2.05, 4.69) is 10.3 Å². The number of nitrogens with zero attached hydrogens (tertiary/aromatic N) is 3. The van der Waals surface area contributed by atoms with Crippen molar-refractivity contribution < 1.29 is 14.3 Å². The molecule has 0 spiro atoms. The van der Waals surface area contributed by atoms with Crippen molar-refractivity contribution in [1.29, 1.82) is 0 Å². The molecule has 3 rings (SSSR count). The standard InChI is InChI=1S/C21H22N4O5/c1-11-7-6-8-15(13(11)3)23-16(26)10-25-19(27)17-14(20(28)30-5)9-12(2)22-18(17)24(4)21(25)29/h6-9H,10H2,1-5H3,(H,23,26). The molecule has 0 fully saturated rings. The number of aryl methyl sites for hydroxylation is 3. The summed E-state index contributed by atoms with van der Waals surface area (Å²) in [7, 11) is 2.62. The summed E-state index contributed by atoms with van der Waals surface area (Å²) in [6, 6.07) is 6.87. The van der Waals surface area contributed by atoms with Crippen molar-refractivity contribution in [2.45, 2.75) is 27.3 Å². The Balaban J connectivity index is 2.12. The van der Waals surface area contributed by atoms with E-state index in [1.807, 2.05) is 19.9 Å². The van der Waals surface area contributed by atoms with E-state index in [0.717, 1.165) is 20.3 Å². The lowest BCUT2D eigenvalue weighted by atomic mass is 10.1. The van der Waals surface area contributed by atoms with Gasteiger partial charge in [-0.3, -0.25) is 18.7 Å². The number of ether oxygens (including phenoxy) is 1. The van der Waals surface area contributed by atoms with E-state index in [0.29, 0.717) is 11.4 Å². The average Bonchev–Trinajstić information content (AvgIpc) is 2.71. The number of aromatic nitrogens is 3. The van der Waals surface area contributed by atoms with Gasteiger partial charge in [0, 0.05) is 18.4 Å². The van der Waals surface area contributed by atoms with Gasteiger partial charge in [-0.2, -0.15) is 0 Å². The minimum absolute atomic E-state index is 0.00992. The van der Waals surface area contributed by atoms with Gasteiger partial charge < -0.3 is 10.1 Å². The molecule has 0 saturated heterocycles. The van der Waals surface area contributed by atoms with Crippen LogP contribution >= 0.6 is 0 Å². The molecule has 0 saturated carbocycles. The summed E-state index contributed by atoms with van der Waals surface area (Å²) in [5, 5.41) is 2.65. The van der Waals surface area contributed by atoms with E-state index >= 15 is 0 Å². The van der Waals surface area contributed by atoms with Crippen LogP contribution in [0.4, 0.5) is 5.69 Å². The third-order valence-electron chi connectivity index (χ3n) is 5.01. The zero-order chi connectivity index (χ0) is 22.2. The second-order valence-electron chi connectivity index (χ2n) is 7.03. The number of methoxy groups -OCH3 is 1. The van der Waals surface area contributed by atoms with Gasteiger partial charge in [-0.25, -0.2) is 14.6 Å². The number of amides is 1. The van der Waals surface area contributed by atoms with E-state index in [-0.39, 0.29) is 16.6 Å². The summed E-state index contributed by atoms with van der Waals surface area (Å²) < 4.78 is 6.69. The molecule has 0 unspecified atom stereocenters. The lowest BCUT2D eigenvalue weighted by Gasteiger charge is -2.14. The molecule has 1 aromatic carbocycles. The van der Waals surface area contributed by atoms with Crippen LogP contribution in [0.25, 0.3) is 11.0 Å². The molecule has 2 heterocycles. The summed E-state index contributed by atoms with van der Waals surface area (Å²) in [4.78, 5) is 54.9. The van der Waals surface area contributed by atoms with Crippen LogP contribution in [-0.2, 0) is 23.1 Å². The summed E-state index contributed by atoms with van der Waals surface area (Å²) in [5.74, 6) is -1.27. The number of carbonyl (C=O) groups is 2. The Labute approximate surface area is 171 Å². The summed E-state index contributed by atoms with van der Waals surface area (Å²) in [5.41, 5.74) is 1.48. The molecule has 9 heteroatoms. The summed E-state index contributed by atoms with van der Waals surface area (Å²) >= 11 is 0. The van der Waals surface area contributed by atoms with Crippen molar-refractivity contribution in [2.75, 3.05) is 12.4 Å². The normalized spacial score (nSPS) is 10.8. The maximum Gasteiger partial charge on any atom is 0.338 e. The van der Waals surface area contributed by atoms with Gasteiger partial charge in [0.15, 0.2) is 0 Å². The topological polar surface area (TPSA) is 112 Å². The minimum atomic E-state index is -0.780. The molecule has 1 amide bonds. The molecule has 2 aromatic heterocycles. The number of hydrogen-bond donors (Lipinski definition) is 1. The van der Waals surface area contributed by atoms with Crippen molar-refractivity contribution in [3.05, 3.63) is 67.5 Å². The van der Waals surface area contributed by atoms with Crippen molar-refractivity contribution in [2.24, 2.45) is 7.05 Å². The van der Waals surface area contributed by atoms with E-state index in [1.54, 1.807) is 19.1 Å². The number of anilines is 1. The quantitative estimate of drug-likeness (QED) is 0.652. The van der Waals surface area contributed by atoms with E-state index in [4.69, 9.17) is 4.74 Å². The molecule has 156 valence electrons. The van der Waals surface area contributed by atoms with E-state index in [1.165, 1.54) is 20.2 Å². The number of hydrogen-bond acceptors (Lipinski definition) is 6. The second kappa shape index (κ2) is 7.94. The Morgan fingerprint density at radius 3 is 2.53 bits per heavy atom. The van der Waals surface area contributed by atoms with Gasteiger partial charge in [0.05, 0.1) is 18.1 Å². The summed E-state index contributed by atoms with van der Waals surface area (Å²) in [6.07, 6.45) is 0. The third kappa shape index (κ3) is 3.61. The highest BCUT2D eigenvalue weighted by Gasteiger charge is 2.22. The van der Waals surface area contributed by atoms with Crippen molar-refractivity contribution in [3.8, 4) is 0 Å².